The van der Waals surface area contributed by atoms with E-state index in [9.17, 15) is 19.7 Å². The Hall–Kier alpha value is -3.76. The van der Waals surface area contributed by atoms with Gasteiger partial charge in [0.2, 0.25) is 0 Å². The van der Waals surface area contributed by atoms with Gasteiger partial charge in [0.15, 0.2) is 0 Å². The van der Waals surface area contributed by atoms with Crippen molar-refractivity contribution in [2.24, 2.45) is 5.10 Å². The Morgan fingerprint density at radius 2 is 1.88 bits per heavy atom. The van der Waals surface area contributed by atoms with Gasteiger partial charge in [0.25, 0.3) is 11.2 Å². The van der Waals surface area contributed by atoms with Crippen LogP contribution in [0.15, 0.2) is 79.8 Å². The van der Waals surface area contributed by atoms with Crippen LogP contribution < -0.4 is 16.0 Å². The molecule has 1 heterocycles. The molecule has 11 heteroatoms. The number of benzene rings is 3. The molecule has 4 aromatic rings. The largest absolute Gasteiger partial charge is 0.487 e. The number of non-ortho nitro benzene ring substituents is 1. The molecule has 0 amide bonds. The van der Waals surface area contributed by atoms with Crippen molar-refractivity contribution in [3.05, 3.63) is 112 Å². The van der Waals surface area contributed by atoms with Crippen LogP contribution >= 0.6 is 27.5 Å². The van der Waals surface area contributed by atoms with Crippen molar-refractivity contribution in [3.8, 4) is 5.75 Å². The molecule has 0 bridgehead atoms. The third-order valence-corrected chi connectivity index (χ3v) is 5.47. The first-order chi connectivity index (χ1) is 15.8. The van der Waals surface area contributed by atoms with Gasteiger partial charge < -0.3 is 9.72 Å². The number of ether oxygens (including phenoxy) is 1. The van der Waals surface area contributed by atoms with Gasteiger partial charge in [0.05, 0.1) is 26.5 Å². The molecule has 0 spiro atoms. The van der Waals surface area contributed by atoms with Crippen LogP contribution in [0, 0.1) is 10.1 Å². The van der Waals surface area contributed by atoms with Gasteiger partial charge in [-0.15, -0.1) is 4.68 Å². The van der Waals surface area contributed by atoms with Crippen molar-refractivity contribution < 1.29 is 9.66 Å². The zero-order valence-corrected chi connectivity index (χ0v) is 19.0. The smallest absolute Gasteiger partial charge is 0.349 e. The summed E-state index contributed by atoms with van der Waals surface area (Å²) < 4.78 is 7.13. The van der Waals surface area contributed by atoms with Crippen LogP contribution in [0.2, 0.25) is 5.02 Å². The van der Waals surface area contributed by atoms with Crippen molar-refractivity contribution in [1.82, 2.24) is 9.66 Å². The van der Waals surface area contributed by atoms with Gasteiger partial charge in [-0.2, -0.15) is 5.10 Å². The second-order valence-corrected chi connectivity index (χ2v) is 8.15. The Kier molecular flexibility index (Phi) is 6.38. The van der Waals surface area contributed by atoms with Gasteiger partial charge in [-0.3, -0.25) is 14.9 Å². The average molecular weight is 530 g/mol. The summed E-state index contributed by atoms with van der Waals surface area (Å²) in [7, 11) is 0. The lowest BCUT2D eigenvalue weighted by Gasteiger charge is -2.12. The molecule has 0 aliphatic carbocycles. The summed E-state index contributed by atoms with van der Waals surface area (Å²) in [5.41, 5.74) is 0.245. The monoisotopic (exact) mass is 528 g/mol. The van der Waals surface area contributed by atoms with E-state index in [1.54, 1.807) is 48.5 Å². The van der Waals surface area contributed by atoms with E-state index < -0.39 is 16.2 Å². The normalized spacial score (nSPS) is 11.2. The first-order valence-corrected chi connectivity index (χ1v) is 10.6. The van der Waals surface area contributed by atoms with E-state index in [0.717, 1.165) is 4.68 Å². The highest BCUT2D eigenvalue weighted by molar-refractivity contribution is 9.10. The van der Waals surface area contributed by atoms with Crippen molar-refractivity contribution in [1.29, 1.82) is 0 Å². The Morgan fingerprint density at radius 1 is 1.15 bits per heavy atom. The van der Waals surface area contributed by atoms with Gasteiger partial charge in [0, 0.05) is 22.7 Å². The van der Waals surface area contributed by atoms with Gasteiger partial charge in [-0.1, -0.05) is 23.7 Å². The van der Waals surface area contributed by atoms with Gasteiger partial charge >= 0.3 is 5.69 Å². The highest BCUT2D eigenvalue weighted by atomic mass is 79.9. The van der Waals surface area contributed by atoms with Crippen molar-refractivity contribution >= 4 is 50.3 Å². The average Bonchev–Trinajstić information content (AvgIpc) is 2.78. The van der Waals surface area contributed by atoms with Crippen molar-refractivity contribution in [3.63, 3.8) is 0 Å². The second kappa shape index (κ2) is 9.39. The molecular weight excluding hydrogens is 516 g/mol. The molecule has 9 nitrogen and oxygen atoms in total. The third-order valence-electron chi connectivity index (χ3n) is 4.66. The molecule has 0 atom stereocenters. The third kappa shape index (κ3) is 4.86. The lowest BCUT2D eigenvalue weighted by Crippen LogP contribution is -2.32. The number of nitrogens with zero attached hydrogens (tertiary/aromatic N) is 3. The molecule has 4 rings (SSSR count). The summed E-state index contributed by atoms with van der Waals surface area (Å²) in [6.45, 7) is 0.107. The molecule has 0 fully saturated rings. The standard InChI is InChI=1S/C22H14BrClN4O5/c23-18-10-15(24)9-14(20(18)33-12-13-5-7-16(8-6-13)28(31)32)11-25-27-21(29)17-3-1-2-4-19(17)26-22(27)30/h1-11H,12H2,(H,26,30). The quantitative estimate of drug-likeness (QED) is 0.224. The molecule has 0 saturated heterocycles. The van der Waals surface area contributed by atoms with Crippen LogP contribution in [-0.2, 0) is 6.61 Å². The number of rotatable bonds is 6. The van der Waals surface area contributed by atoms with E-state index in [2.05, 4.69) is 26.0 Å². The molecule has 0 aliphatic heterocycles. The van der Waals surface area contributed by atoms with E-state index in [1.165, 1.54) is 18.3 Å². The van der Waals surface area contributed by atoms with Crippen LogP contribution in [0.3, 0.4) is 0 Å². The predicted octanol–water partition coefficient (Wildman–Crippen LogP) is 4.48. The summed E-state index contributed by atoms with van der Waals surface area (Å²) >= 11 is 9.55. The van der Waals surface area contributed by atoms with Gasteiger partial charge in [0.1, 0.15) is 12.4 Å². The van der Waals surface area contributed by atoms with E-state index in [1.807, 2.05) is 0 Å². The van der Waals surface area contributed by atoms with Crippen LogP contribution in [0.4, 0.5) is 5.69 Å². The molecule has 33 heavy (non-hydrogen) atoms. The molecule has 0 unspecified atom stereocenters. The van der Waals surface area contributed by atoms with Crippen LogP contribution in [0.5, 0.6) is 5.75 Å². The summed E-state index contributed by atoms with van der Waals surface area (Å²) in [6, 6.07) is 15.8. The number of hydrogen-bond donors (Lipinski definition) is 1. The maximum absolute atomic E-state index is 12.7. The molecule has 1 aromatic heterocycles. The minimum absolute atomic E-state index is 0.0229. The number of nitro benzene ring substituents is 1. The fourth-order valence-electron chi connectivity index (χ4n) is 3.08. The number of nitrogens with one attached hydrogen (secondary N) is 1. The van der Waals surface area contributed by atoms with Crippen LogP contribution in [0.1, 0.15) is 11.1 Å². The highest BCUT2D eigenvalue weighted by Gasteiger charge is 2.12. The van der Waals surface area contributed by atoms with Crippen LogP contribution in [-0.4, -0.2) is 20.8 Å². The fourth-order valence-corrected chi connectivity index (χ4v) is 4.02. The lowest BCUT2D eigenvalue weighted by molar-refractivity contribution is -0.384. The Bertz CT molecular complexity index is 1510. The molecule has 3 aromatic carbocycles. The minimum atomic E-state index is -0.690. The summed E-state index contributed by atoms with van der Waals surface area (Å²) in [6.07, 6.45) is 1.30. The summed E-state index contributed by atoms with van der Waals surface area (Å²) in [5.74, 6) is 0.367. The SMILES string of the molecule is O=c1[nH]c2ccccc2c(=O)n1N=Cc1cc(Cl)cc(Br)c1OCc1ccc([N+](=O)[O-])cc1. The Labute approximate surface area is 199 Å². The molecule has 166 valence electrons. The lowest BCUT2D eigenvalue weighted by atomic mass is 10.2. The number of H-pyrrole nitrogens is 1. The van der Waals surface area contributed by atoms with Gasteiger partial charge in [-0.05, 0) is 57.9 Å². The van der Waals surface area contributed by atoms with E-state index >= 15 is 0 Å². The number of nitro groups is 1. The van der Waals surface area contributed by atoms with Gasteiger partial charge in [-0.25, -0.2) is 4.79 Å². The molecule has 0 aliphatic rings. The second-order valence-electron chi connectivity index (χ2n) is 6.86. The van der Waals surface area contributed by atoms with E-state index in [-0.39, 0.29) is 12.3 Å². The Morgan fingerprint density at radius 3 is 2.61 bits per heavy atom. The minimum Gasteiger partial charge on any atom is -0.487 e. The number of halogens is 2. The van der Waals surface area contributed by atoms with Crippen molar-refractivity contribution in [2.45, 2.75) is 6.61 Å². The number of fused-ring (bicyclic) bond motifs is 1. The molecular formula is C22H14BrClN4O5. The zero-order chi connectivity index (χ0) is 23.5. The number of hydrogen-bond acceptors (Lipinski definition) is 6. The maximum atomic E-state index is 12.7. The topological polar surface area (TPSA) is 120 Å². The van der Waals surface area contributed by atoms with E-state index in [4.69, 9.17) is 16.3 Å². The molecule has 0 radical (unpaired) electrons. The first-order valence-electron chi connectivity index (χ1n) is 9.47. The number of aromatic nitrogens is 2. The maximum Gasteiger partial charge on any atom is 0.349 e. The summed E-state index contributed by atoms with van der Waals surface area (Å²) in [5, 5.41) is 15.6. The fraction of sp³-hybridized carbons (Fsp3) is 0.0455. The molecule has 0 saturated carbocycles. The number of aromatic amines is 1. The summed E-state index contributed by atoms with van der Waals surface area (Å²) in [4.78, 5) is 38.0. The van der Waals surface area contributed by atoms with Crippen molar-refractivity contribution in [2.75, 3.05) is 0 Å². The van der Waals surface area contributed by atoms with E-state index in [0.29, 0.717) is 37.3 Å². The predicted molar refractivity (Wildman–Crippen MR) is 128 cm³/mol. The zero-order valence-electron chi connectivity index (χ0n) is 16.7. The Balaban J connectivity index is 1.67. The number of para-hydroxylation sites is 1. The van der Waals surface area contributed by atoms with Crippen LogP contribution in [0.25, 0.3) is 10.9 Å². The highest BCUT2D eigenvalue weighted by Crippen LogP contribution is 2.32. The first kappa shape index (κ1) is 22.4. The molecule has 1 N–H and O–H groups in total.